The molecular weight excluding hydrogens is 280 g/mol. The van der Waals surface area contributed by atoms with E-state index in [9.17, 15) is 0 Å². The van der Waals surface area contributed by atoms with E-state index in [4.69, 9.17) is 8.85 Å². The lowest BCUT2D eigenvalue weighted by atomic mass is 9.73. The Bertz CT molecular complexity index is 348. The highest BCUT2D eigenvalue weighted by molar-refractivity contribution is 6.70. The van der Waals surface area contributed by atoms with Crippen molar-refractivity contribution in [2.75, 3.05) is 6.61 Å². The van der Waals surface area contributed by atoms with Gasteiger partial charge in [-0.3, -0.25) is 0 Å². The average molecular weight is 315 g/mol. The fourth-order valence-electron chi connectivity index (χ4n) is 3.00. The van der Waals surface area contributed by atoms with Gasteiger partial charge in [0.1, 0.15) is 0 Å². The summed E-state index contributed by atoms with van der Waals surface area (Å²) >= 11 is 0. The standard InChI is InChI=1S/C16H34O2Si2/c1-16(2,3)15-13(12-17-19(4)5)10-9-11-14(15)18-20(6,7)8/h13,19H,9-12H2,1-8H3/t13-/m0/s1. The Morgan fingerprint density at radius 2 is 1.80 bits per heavy atom. The van der Waals surface area contributed by atoms with Crippen molar-refractivity contribution in [2.24, 2.45) is 11.3 Å². The van der Waals surface area contributed by atoms with Gasteiger partial charge >= 0.3 is 0 Å². The van der Waals surface area contributed by atoms with Gasteiger partial charge in [-0.25, -0.2) is 0 Å². The Hall–Kier alpha value is -0.0662. The molecule has 0 bridgehead atoms. The van der Waals surface area contributed by atoms with Crippen LogP contribution < -0.4 is 0 Å². The first kappa shape index (κ1) is 18.0. The summed E-state index contributed by atoms with van der Waals surface area (Å²) in [4.78, 5) is 0. The lowest BCUT2D eigenvalue weighted by Gasteiger charge is -2.38. The summed E-state index contributed by atoms with van der Waals surface area (Å²) in [5, 5.41) is 0. The van der Waals surface area contributed by atoms with Crippen molar-refractivity contribution >= 4 is 17.4 Å². The Morgan fingerprint density at radius 3 is 2.25 bits per heavy atom. The van der Waals surface area contributed by atoms with Gasteiger partial charge in [-0.05, 0) is 56.6 Å². The third kappa shape index (κ3) is 5.74. The van der Waals surface area contributed by atoms with Gasteiger partial charge in [-0.1, -0.05) is 20.8 Å². The SMILES string of the molecule is C[SiH](C)OC[C@@H]1CCCC(O[Si](C)(C)C)=C1C(C)(C)C. The molecule has 1 atom stereocenters. The number of hydrogen-bond donors (Lipinski definition) is 0. The molecule has 1 rings (SSSR count). The fourth-order valence-corrected chi connectivity index (χ4v) is 4.57. The summed E-state index contributed by atoms with van der Waals surface area (Å²) in [6, 6.07) is 0. The molecule has 1 aliphatic carbocycles. The zero-order valence-electron chi connectivity index (χ0n) is 14.8. The summed E-state index contributed by atoms with van der Waals surface area (Å²) in [6.45, 7) is 19.2. The van der Waals surface area contributed by atoms with Gasteiger partial charge < -0.3 is 8.85 Å². The van der Waals surface area contributed by atoms with E-state index in [1.807, 2.05) is 0 Å². The van der Waals surface area contributed by atoms with Crippen LogP contribution in [0.5, 0.6) is 0 Å². The predicted molar refractivity (Wildman–Crippen MR) is 93.1 cm³/mol. The predicted octanol–water partition coefficient (Wildman–Crippen LogP) is 4.94. The second-order valence-corrected chi connectivity index (χ2v) is 15.1. The maximum atomic E-state index is 6.43. The topological polar surface area (TPSA) is 18.5 Å². The first-order chi connectivity index (χ1) is 9.00. The van der Waals surface area contributed by atoms with Crippen LogP contribution in [-0.2, 0) is 8.85 Å². The van der Waals surface area contributed by atoms with Gasteiger partial charge in [-0.2, -0.15) is 0 Å². The summed E-state index contributed by atoms with van der Waals surface area (Å²) in [5.41, 5.74) is 1.71. The third-order valence-corrected chi connectivity index (χ3v) is 5.25. The van der Waals surface area contributed by atoms with Crippen molar-refractivity contribution in [1.82, 2.24) is 0 Å². The Balaban J connectivity index is 3.02. The van der Waals surface area contributed by atoms with E-state index < -0.39 is 17.4 Å². The van der Waals surface area contributed by atoms with Gasteiger partial charge in [0.05, 0.1) is 5.76 Å². The zero-order valence-corrected chi connectivity index (χ0v) is 17.0. The zero-order chi connectivity index (χ0) is 15.6. The van der Waals surface area contributed by atoms with Crippen LogP contribution in [0.2, 0.25) is 32.7 Å². The van der Waals surface area contributed by atoms with Crippen molar-refractivity contribution in [1.29, 1.82) is 0 Å². The average Bonchev–Trinajstić information content (AvgIpc) is 2.22. The minimum absolute atomic E-state index is 0.183. The third-order valence-electron chi connectivity index (χ3n) is 3.53. The largest absolute Gasteiger partial charge is 0.547 e. The Labute approximate surface area is 128 Å². The first-order valence-electron chi connectivity index (χ1n) is 8.05. The van der Waals surface area contributed by atoms with Crippen LogP contribution in [0.25, 0.3) is 0 Å². The number of allylic oxidation sites excluding steroid dienone is 1. The van der Waals surface area contributed by atoms with Crippen LogP contribution in [0.1, 0.15) is 40.0 Å². The normalized spacial score (nSPS) is 21.6. The van der Waals surface area contributed by atoms with E-state index in [2.05, 4.69) is 53.5 Å². The van der Waals surface area contributed by atoms with Crippen LogP contribution in [0.15, 0.2) is 11.3 Å². The molecule has 0 aromatic heterocycles. The van der Waals surface area contributed by atoms with E-state index >= 15 is 0 Å². The minimum Gasteiger partial charge on any atom is -0.547 e. The summed E-state index contributed by atoms with van der Waals surface area (Å²) in [6.07, 6.45) is 3.62. The summed E-state index contributed by atoms with van der Waals surface area (Å²) in [7, 11) is -2.47. The van der Waals surface area contributed by atoms with Gasteiger partial charge in [0.15, 0.2) is 9.04 Å². The molecule has 0 aromatic rings. The lowest BCUT2D eigenvalue weighted by Crippen LogP contribution is -2.33. The molecule has 0 N–H and O–H groups in total. The fraction of sp³-hybridized carbons (Fsp3) is 0.875. The molecule has 0 amide bonds. The molecule has 0 heterocycles. The molecule has 1 aliphatic rings. The first-order valence-corrected chi connectivity index (χ1v) is 14.2. The molecule has 0 saturated carbocycles. The number of hydrogen-bond acceptors (Lipinski definition) is 2. The monoisotopic (exact) mass is 314 g/mol. The Kier molecular flexibility index (Phi) is 6.11. The van der Waals surface area contributed by atoms with Crippen LogP contribution in [0.3, 0.4) is 0 Å². The molecule has 20 heavy (non-hydrogen) atoms. The van der Waals surface area contributed by atoms with E-state index in [1.54, 1.807) is 0 Å². The van der Waals surface area contributed by atoms with Gasteiger partial charge in [0.2, 0.25) is 8.32 Å². The second-order valence-electron chi connectivity index (χ2n) is 8.27. The smallest absolute Gasteiger partial charge is 0.241 e. The van der Waals surface area contributed by atoms with Crippen LogP contribution in [-0.4, -0.2) is 24.0 Å². The lowest BCUT2D eigenvalue weighted by molar-refractivity contribution is 0.214. The van der Waals surface area contributed by atoms with Crippen molar-refractivity contribution in [3.63, 3.8) is 0 Å². The van der Waals surface area contributed by atoms with Gasteiger partial charge in [0, 0.05) is 18.9 Å². The molecule has 0 aliphatic heterocycles. The van der Waals surface area contributed by atoms with E-state index in [1.165, 1.54) is 24.2 Å². The van der Waals surface area contributed by atoms with Gasteiger partial charge in [0.25, 0.3) is 0 Å². The maximum absolute atomic E-state index is 6.43. The molecule has 118 valence electrons. The van der Waals surface area contributed by atoms with Gasteiger partial charge in [-0.15, -0.1) is 0 Å². The summed E-state index contributed by atoms with van der Waals surface area (Å²) < 4.78 is 12.5. The number of rotatable bonds is 5. The van der Waals surface area contributed by atoms with E-state index in [0.29, 0.717) is 5.92 Å². The maximum Gasteiger partial charge on any atom is 0.241 e. The summed E-state index contributed by atoms with van der Waals surface area (Å²) in [5.74, 6) is 1.85. The van der Waals surface area contributed by atoms with Crippen LogP contribution in [0.4, 0.5) is 0 Å². The Morgan fingerprint density at radius 1 is 1.20 bits per heavy atom. The highest BCUT2D eigenvalue weighted by atomic mass is 28.4. The molecular formula is C16H34O2Si2. The van der Waals surface area contributed by atoms with Crippen molar-refractivity contribution in [2.45, 2.75) is 72.8 Å². The highest BCUT2D eigenvalue weighted by Gasteiger charge is 2.34. The molecule has 0 unspecified atom stereocenters. The molecule has 0 saturated heterocycles. The minimum atomic E-state index is -1.53. The quantitative estimate of drug-likeness (QED) is 0.669. The molecule has 0 aromatic carbocycles. The molecule has 0 radical (unpaired) electrons. The molecule has 2 nitrogen and oxygen atoms in total. The molecule has 4 heteroatoms. The second kappa shape index (κ2) is 6.80. The van der Waals surface area contributed by atoms with Crippen molar-refractivity contribution < 1.29 is 8.85 Å². The van der Waals surface area contributed by atoms with Crippen molar-refractivity contribution in [3.8, 4) is 0 Å². The van der Waals surface area contributed by atoms with Crippen molar-refractivity contribution in [3.05, 3.63) is 11.3 Å². The molecule has 0 fully saturated rings. The highest BCUT2D eigenvalue weighted by Crippen LogP contribution is 2.42. The van der Waals surface area contributed by atoms with E-state index in [-0.39, 0.29) is 5.41 Å². The van der Waals surface area contributed by atoms with E-state index in [0.717, 1.165) is 13.0 Å². The molecule has 0 spiro atoms. The van der Waals surface area contributed by atoms with Crippen LogP contribution >= 0.6 is 0 Å². The van der Waals surface area contributed by atoms with Crippen LogP contribution in [0, 0.1) is 11.3 Å².